The molecule has 33 heavy (non-hydrogen) atoms. The second-order valence-corrected chi connectivity index (χ2v) is 8.49. The SMILES string of the molecule is CN=C(NCCCN1CCCC(C(N)=O)C1)NCC(c1ccc(F)cc1)N1CCOCC1.I. The van der Waals surface area contributed by atoms with Crippen LogP contribution in [0, 0.1) is 11.7 Å². The van der Waals surface area contributed by atoms with E-state index in [0.29, 0.717) is 19.8 Å². The number of hydrogen-bond donors (Lipinski definition) is 3. The minimum absolute atomic E-state index is 0. The topological polar surface area (TPSA) is 95.2 Å². The molecule has 0 aliphatic carbocycles. The minimum atomic E-state index is -0.226. The average molecular weight is 576 g/mol. The summed E-state index contributed by atoms with van der Waals surface area (Å²) in [5, 5.41) is 6.81. The molecule has 2 heterocycles. The van der Waals surface area contributed by atoms with Gasteiger partial charge in [-0.1, -0.05) is 12.1 Å². The molecule has 1 aromatic rings. The van der Waals surface area contributed by atoms with Gasteiger partial charge in [0.1, 0.15) is 5.82 Å². The minimum Gasteiger partial charge on any atom is -0.379 e. The van der Waals surface area contributed by atoms with Crippen molar-refractivity contribution in [3.8, 4) is 0 Å². The maximum Gasteiger partial charge on any atom is 0.221 e. The fourth-order valence-electron chi connectivity index (χ4n) is 4.45. The first kappa shape index (κ1) is 27.7. The van der Waals surface area contributed by atoms with E-state index >= 15 is 0 Å². The van der Waals surface area contributed by atoms with Crippen LogP contribution >= 0.6 is 24.0 Å². The van der Waals surface area contributed by atoms with Gasteiger partial charge in [-0.15, -0.1) is 24.0 Å². The number of nitrogens with one attached hydrogen (secondary N) is 2. The van der Waals surface area contributed by atoms with Crippen molar-refractivity contribution in [2.45, 2.75) is 25.3 Å². The second kappa shape index (κ2) is 14.7. The van der Waals surface area contributed by atoms with Crippen LogP contribution < -0.4 is 16.4 Å². The summed E-state index contributed by atoms with van der Waals surface area (Å²) in [5.74, 6) is 0.318. The number of carbonyl (C=O) groups is 1. The molecule has 0 aromatic heterocycles. The van der Waals surface area contributed by atoms with E-state index in [9.17, 15) is 9.18 Å². The zero-order valence-corrected chi connectivity index (χ0v) is 21.8. The molecular formula is C23H38FIN6O2. The molecule has 2 saturated heterocycles. The Morgan fingerprint density at radius 1 is 1.24 bits per heavy atom. The van der Waals surface area contributed by atoms with E-state index in [1.165, 1.54) is 12.1 Å². The van der Waals surface area contributed by atoms with Crippen LogP contribution in [0.3, 0.4) is 0 Å². The average Bonchev–Trinajstić information content (AvgIpc) is 2.82. The number of nitrogens with zero attached hydrogens (tertiary/aromatic N) is 3. The van der Waals surface area contributed by atoms with Crippen molar-refractivity contribution in [1.29, 1.82) is 0 Å². The number of hydrogen-bond acceptors (Lipinski definition) is 5. The van der Waals surface area contributed by atoms with Crippen LogP contribution in [0.1, 0.15) is 30.9 Å². The fraction of sp³-hybridized carbons (Fsp3) is 0.652. The van der Waals surface area contributed by atoms with Gasteiger partial charge in [-0.05, 0) is 50.0 Å². The Morgan fingerprint density at radius 2 is 1.97 bits per heavy atom. The highest BCUT2D eigenvalue weighted by Crippen LogP contribution is 2.21. The van der Waals surface area contributed by atoms with Crippen LogP contribution in [0.4, 0.5) is 4.39 Å². The predicted octanol–water partition coefficient (Wildman–Crippen LogP) is 1.57. The number of morpholine rings is 1. The van der Waals surface area contributed by atoms with Crippen LogP contribution in [0.25, 0.3) is 0 Å². The van der Waals surface area contributed by atoms with Gasteiger partial charge in [0.2, 0.25) is 5.91 Å². The molecule has 8 nitrogen and oxygen atoms in total. The van der Waals surface area contributed by atoms with Crippen molar-refractivity contribution in [3.63, 3.8) is 0 Å². The fourth-order valence-corrected chi connectivity index (χ4v) is 4.45. The smallest absolute Gasteiger partial charge is 0.221 e. The van der Waals surface area contributed by atoms with Crippen LogP contribution in [0.15, 0.2) is 29.3 Å². The molecule has 10 heteroatoms. The van der Waals surface area contributed by atoms with Crippen molar-refractivity contribution >= 4 is 35.8 Å². The Bertz CT molecular complexity index is 745. The van der Waals surface area contributed by atoms with Crippen LogP contribution in [0.5, 0.6) is 0 Å². The number of nitrogens with two attached hydrogens (primary N) is 1. The number of guanidine groups is 1. The first-order valence-electron chi connectivity index (χ1n) is 11.6. The Hall–Kier alpha value is -1.50. The summed E-state index contributed by atoms with van der Waals surface area (Å²) < 4.78 is 18.9. The number of ether oxygens (including phenoxy) is 1. The zero-order chi connectivity index (χ0) is 22.8. The summed E-state index contributed by atoms with van der Waals surface area (Å²) in [6, 6.07) is 6.84. The molecule has 186 valence electrons. The van der Waals surface area contributed by atoms with Crippen LogP contribution in [-0.4, -0.2) is 87.7 Å². The molecule has 2 atom stereocenters. The van der Waals surface area contributed by atoms with E-state index in [0.717, 1.165) is 70.1 Å². The first-order valence-corrected chi connectivity index (χ1v) is 11.6. The number of piperidine rings is 1. The largest absolute Gasteiger partial charge is 0.379 e. The maximum atomic E-state index is 13.4. The third-order valence-electron chi connectivity index (χ3n) is 6.28. The number of benzene rings is 1. The number of likely N-dealkylation sites (tertiary alicyclic amines) is 1. The summed E-state index contributed by atoms with van der Waals surface area (Å²) >= 11 is 0. The lowest BCUT2D eigenvalue weighted by Crippen LogP contribution is -2.46. The molecule has 1 amide bonds. The summed E-state index contributed by atoms with van der Waals surface area (Å²) in [5.41, 5.74) is 6.55. The molecule has 2 unspecified atom stereocenters. The van der Waals surface area contributed by atoms with E-state index < -0.39 is 0 Å². The quantitative estimate of drug-likeness (QED) is 0.179. The molecule has 0 saturated carbocycles. The highest BCUT2D eigenvalue weighted by atomic mass is 127. The van der Waals surface area contributed by atoms with E-state index in [1.807, 2.05) is 12.1 Å². The molecule has 4 N–H and O–H groups in total. The predicted molar refractivity (Wildman–Crippen MR) is 139 cm³/mol. The van der Waals surface area contributed by atoms with Gasteiger partial charge in [0.05, 0.1) is 25.2 Å². The molecule has 2 fully saturated rings. The number of aliphatic imine (C=N–C) groups is 1. The van der Waals surface area contributed by atoms with Gasteiger partial charge in [-0.2, -0.15) is 0 Å². The van der Waals surface area contributed by atoms with Crippen LogP contribution in [0.2, 0.25) is 0 Å². The molecule has 2 aliphatic heterocycles. The Morgan fingerprint density at radius 3 is 2.64 bits per heavy atom. The lowest BCUT2D eigenvalue weighted by atomic mass is 9.97. The first-order chi connectivity index (χ1) is 15.6. The summed E-state index contributed by atoms with van der Waals surface area (Å²) in [6.45, 7) is 7.27. The molecule has 0 spiro atoms. The second-order valence-electron chi connectivity index (χ2n) is 8.49. The Balaban J connectivity index is 0.00000385. The summed E-state index contributed by atoms with van der Waals surface area (Å²) in [6.07, 6.45) is 2.88. The number of amides is 1. The van der Waals surface area contributed by atoms with E-state index in [1.54, 1.807) is 7.05 Å². The third kappa shape index (κ3) is 8.99. The Labute approximate surface area is 213 Å². The number of halogens is 2. The maximum absolute atomic E-state index is 13.4. The Kier molecular flexibility index (Phi) is 12.4. The van der Waals surface area contributed by atoms with Crippen molar-refractivity contribution < 1.29 is 13.9 Å². The van der Waals surface area contributed by atoms with Gasteiger partial charge in [0, 0.05) is 39.8 Å². The highest BCUT2D eigenvalue weighted by molar-refractivity contribution is 14.0. The van der Waals surface area contributed by atoms with Gasteiger partial charge in [0.25, 0.3) is 0 Å². The molecule has 0 radical (unpaired) electrons. The van der Waals surface area contributed by atoms with E-state index in [-0.39, 0.29) is 47.7 Å². The number of primary amides is 1. The molecule has 0 bridgehead atoms. The normalized spacial score (nSPS) is 21.2. The van der Waals surface area contributed by atoms with Crippen molar-refractivity contribution in [2.24, 2.45) is 16.6 Å². The van der Waals surface area contributed by atoms with Gasteiger partial charge in [-0.25, -0.2) is 4.39 Å². The van der Waals surface area contributed by atoms with E-state index in [2.05, 4.69) is 25.4 Å². The summed E-state index contributed by atoms with van der Waals surface area (Å²) in [4.78, 5) is 20.5. The standard InChI is InChI=1S/C23H37FN6O2.HI/c1-26-23(27-9-3-11-29-10-2-4-19(17-29)22(25)31)28-16-21(30-12-14-32-15-13-30)18-5-7-20(24)8-6-18;/h5-8,19,21H,2-4,9-17H2,1H3,(H2,25,31)(H2,26,27,28);1H. The van der Waals surface area contributed by atoms with Crippen molar-refractivity contribution in [2.75, 3.05) is 66.1 Å². The lowest BCUT2D eigenvalue weighted by molar-refractivity contribution is -0.123. The number of carbonyl (C=O) groups excluding carboxylic acids is 1. The molecule has 1 aromatic carbocycles. The molecular weight excluding hydrogens is 538 g/mol. The monoisotopic (exact) mass is 576 g/mol. The third-order valence-corrected chi connectivity index (χ3v) is 6.28. The van der Waals surface area contributed by atoms with E-state index in [4.69, 9.17) is 10.5 Å². The van der Waals surface area contributed by atoms with Crippen LogP contribution in [-0.2, 0) is 9.53 Å². The lowest BCUT2D eigenvalue weighted by Gasteiger charge is -2.35. The van der Waals surface area contributed by atoms with Gasteiger partial charge >= 0.3 is 0 Å². The molecule has 3 rings (SSSR count). The van der Waals surface area contributed by atoms with Crippen molar-refractivity contribution in [1.82, 2.24) is 20.4 Å². The van der Waals surface area contributed by atoms with Gasteiger partial charge in [-0.3, -0.25) is 14.7 Å². The molecule has 2 aliphatic rings. The van der Waals surface area contributed by atoms with Gasteiger partial charge in [0.15, 0.2) is 5.96 Å². The summed E-state index contributed by atoms with van der Waals surface area (Å²) in [7, 11) is 1.76. The highest BCUT2D eigenvalue weighted by Gasteiger charge is 2.24. The number of rotatable bonds is 9. The zero-order valence-electron chi connectivity index (χ0n) is 19.5. The van der Waals surface area contributed by atoms with Gasteiger partial charge < -0.3 is 26.0 Å². The van der Waals surface area contributed by atoms with Crippen molar-refractivity contribution in [3.05, 3.63) is 35.6 Å².